The Morgan fingerprint density at radius 1 is 1.44 bits per heavy atom. The molecule has 1 aromatic rings. The number of hydrogen-bond acceptors (Lipinski definition) is 3. The number of carbonyl (C=O) groups is 1. The lowest BCUT2D eigenvalue weighted by atomic mass is 10.2. The van der Waals surface area contributed by atoms with Crippen molar-refractivity contribution in [2.45, 2.75) is 0 Å². The number of benzene rings is 1. The zero-order chi connectivity index (χ0) is 13.8. The van der Waals surface area contributed by atoms with Gasteiger partial charge in [-0.15, -0.1) is 0 Å². The molecule has 1 rings (SSSR count). The molecule has 0 aliphatic rings. The van der Waals surface area contributed by atoms with Crippen LogP contribution in [0.2, 0.25) is 0 Å². The van der Waals surface area contributed by atoms with Gasteiger partial charge in [-0.25, -0.2) is 17.5 Å². The van der Waals surface area contributed by atoms with Gasteiger partial charge in [0, 0.05) is 12.1 Å². The van der Waals surface area contributed by atoms with Gasteiger partial charge in [0.05, 0.1) is 10.2 Å². The summed E-state index contributed by atoms with van der Waals surface area (Å²) in [6, 6.07) is 3.93. The number of halogens is 2. The van der Waals surface area contributed by atoms with E-state index in [1.54, 1.807) is 0 Å². The van der Waals surface area contributed by atoms with Crippen molar-refractivity contribution in [1.82, 2.24) is 10.0 Å². The van der Waals surface area contributed by atoms with E-state index < -0.39 is 21.7 Å². The van der Waals surface area contributed by atoms with Crippen molar-refractivity contribution >= 4 is 31.9 Å². The number of carbonyl (C=O) groups excluding carboxylic acids is 1. The third-order valence-corrected chi connectivity index (χ3v) is 4.16. The highest BCUT2D eigenvalue weighted by atomic mass is 79.9. The lowest BCUT2D eigenvalue weighted by molar-refractivity contribution is 0.0955. The van der Waals surface area contributed by atoms with Crippen LogP contribution in [0.3, 0.4) is 0 Å². The van der Waals surface area contributed by atoms with Crippen LogP contribution in [0.5, 0.6) is 0 Å². The third-order valence-electron chi connectivity index (χ3n) is 2.15. The van der Waals surface area contributed by atoms with Crippen molar-refractivity contribution in [3.05, 3.63) is 34.1 Å². The summed E-state index contributed by atoms with van der Waals surface area (Å²) in [6.07, 6.45) is 0. The fraction of sp³-hybridized carbons (Fsp3) is 0.300. The quantitative estimate of drug-likeness (QED) is 0.836. The van der Waals surface area contributed by atoms with Crippen molar-refractivity contribution in [3.63, 3.8) is 0 Å². The maximum Gasteiger partial charge on any atom is 0.251 e. The van der Waals surface area contributed by atoms with E-state index in [-0.39, 0.29) is 22.3 Å². The molecule has 8 heteroatoms. The molecule has 18 heavy (non-hydrogen) atoms. The number of rotatable bonds is 5. The fourth-order valence-corrected chi connectivity index (χ4v) is 1.96. The molecule has 0 saturated heterocycles. The minimum absolute atomic E-state index is 0.0420. The first-order chi connectivity index (χ1) is 8.35. The summed E-state index contributed by atoms with van der Waals surface area (Å²) in [4.78, 5) is 11.6. The molecule has 0 bridgehead atoms. The summed E-state index contributed by atoms with van der Waals surface area (Å²) in [6.45, 7) is -0.0420. The summed E-state index contributed by atoms with van der Waals surface area (Å²) in [5, 5.41) is 2.40. The smallest absolute Gasteiger partial charge is 0.251 e. The minimum atomic E-state index is -3.36. The second kappa shape index (κ2) is 6.26. The first-order valence-electron chi connectivity index (χ1n) is 5.00. The molecular formula is C10H12BrFN2O3S. The molecule has 1 aromatic carbocycles. The van der Waals surface area contributed by atoms with Gasteiger partial charge in [-0.05, 0) is 41.2 Å². The van der Waals surface area contributed by atoms with Crippen LogP contribution in [0.25, 0.3) is 0 Å². The molecule has 0 aliphatic carbocycles. The molecular weight excluding hydrogens is 327 g/mol. The normalized spacial score (nSPS) is 11.3. The molecule has 0 aliphatic heterocycles. The molecule has 0 unspecified atom stereocenters. The van der Waals surface area contributed by atoms with E-state index in [2.05, 4.69) is 26.0 Å². The highest BCUT2D eigenvalue weighted by Gasteiger charge is 2.10. The van der Waals surface area contributed by atoms with E-state index in [4.69, 9.17) is 0 Å². The molecule has 0 fully saturated rings. The maximum atomic E-state index is 13.2. The van der Waals surface area contributed by atoms with Crippen LogP contribution in [-0.4, -0.2) is 33.7 Å². The Balaban J connectivity index is 2.58. The van der Waals surface area contributed by atoms with E-state index in [0.717, 1.165) is 6.07 Å². The van der Waals surface area contributed by atoms with Gasteiger partial charge in [-0.1, -0.05) is 0 Å². The van der Waals surface area contributed by atoms with Crippen molar-refractivity contribution in [2.75, 3.05) is 19.3 Å². The van der Waals surface area contributed by atoms with Crippen molar-refractivity contribution in [1.29, 1.82) is 0 Å². The monoisotopic (exact) mass is 338 g/mol. The number of sulfonamides is 1. The first kappa shape index (κ1) is 15.1. The average Bonchev–Trinajstić information content (AvgIpc) is 2.32. The number of nitrogens with one attached hydrogen (secondary N) is 2. The summed E-state index contributed by atoms with van der Waals surface area (Å²) < 4.78 is 37.7. The lowest BCUT2D eigenvalue weighted by Crippen LogP contribution is -2.32. The Morgan fingerprint density at radius 3 is 2.67 bits per heavy atom. The van der Waals surface area contributed by atoms with Crippen LogP contribution in [-0.2, 0) is 10.0 Å². The van der Waals surface area contributed by atoms with Gasteiger partial charge < -0.3 is 5.32 Å². The van der Waals surface area contributed by atoms with Gasteiger partial charge in [0.2, 0.25) is 10.0 Å². The molecule has 0 radical (unpaired) electrons. The molecule has 0 aromatic heterocycles. The van der Waals surface area contributed by atoms with Crippen molar-refractivity contribution in [2.24, 2.45) is 0 Å². The molecule has 0 atom stereocenters. The summed E-state index contributed by atoms with van der Waals surface area (Å²) in [7, 11) is -2.07. The van der Waals surface area contributed by atoms with Gasteiger partial charge in [0.1, 0.15) is 5.82 Å². The Bertz CT molecular complexity index is 548. The van der Waals surface area contributed by atoms with E-state index >= 15 is 0 Å². The van der Waals surface area contributed by atoms with E-state index in [1.165, 1.54) is 19.2 Å². The molecule has 2 N–H and O–H groups in total. The second-order valence-electron chi connectivity index (χ2n) is 3.41. The summed E-state index contributed by atoms with van der Waals surface area (Å²) in [5.74, 6) is -1.30. The topological polar surface area (TPSA) is 75.3 Å². The van der Waals surface area contributed by atoms with Gasteiger partial charge >= 0.3 is 0 Å². The summed E-state index contributed by atoms with van der Waals surface area (Å²) in [5.41, 5.74) is 0.137. The highest BCUT2D eigenvalue weighted by Crippen LogP contribution is 2.16. The molecule has 0 spiro atoms. The van der Waals surface area contributed by atoms with Crippen LogP contribution in [0, 0.1) is 5.82 Å². The van der Waals surface area contributed by atoms with Crippen LogP contribution >= 0.6 is 15.9 Å². The predicted molar refractivity (Wildman–Crippen MR) is 69.3 cm³/mol. The standard InChI is InChI=1S/C10H12BrFN2O3S/c1-13-18(16,17)5-4-14-10(15)7-2-3-8(11)9(12)6-7/h2-3,6,13H,4-5H2,1H3,(H,14,15). The average molecular weight is 339 g/mol. The van der Waals surface area contributed by atoms with Crippen molar-refractivity contribution < 1.29 is 17.6 Å². The number of amides is 1. The lowest BCUT2D eigenvalue weighted by Gasteiger charge is -2.06. The van der Waals surface area contributed by atoms with E-state index in [0.29, 0.717) is 0 Å². The zero-order valence-corrected chi connectivity index (χ0v) is 11.9. The Hall–Kier alpha value is -0.990. The van der Waals surface area contributed by atoms with E-state index in [9.17, 15) is 17.6 Å². The largest absolute Gasteiger partial charge is 0.351 e. The molecule has 5 nitrogen and oxygen atoms in total. The molecule has 0 heterocycles. The summed E-state index contributed by atoms with van der Waals surface area (Å²) >= 11 is 2.97. The third kappa shape index (κ3) is 4.35. The molecule has 1 amide bonds. The Labute approximate surface area is 113 Å². The molecule has 100 valence electrons. The highest BCUT2D eigenvalue weighted by molar-refractivity contribution is 9.10. The van der Waals surface area contributed by atoms with Gasteiger partial charge in [0.25, 0.3) is 5.91 Å². The van der Waals surface area contributed by atoms with Crippen molar-refractivity contribution in [3.8, 4) is 0 Å². The van der Waals surface area contributed by atoms with Crippen LogP contribution < -0.4 is 10.0 Å². The zero-order valence-electron chi connectivity index (χ0n) is 9.54. The SMILES string of the molecule is CNS(=O)(=O)CCNC(=O)c1ccc(Br)c(F)c1. The maximum absolute atomic E-state index is 13.2. The predicted octanol–water partition coefficient (Wildman–Crippen LogP) is 0.867. The van der Waals surface area contributed by atoms with Crippen LogP contribution in [0.1, 0.15) is 10.4 Å². The van der Waals surface area contributed by atoms with Gasteiger partial charge in [0.15, 0.2) is 0 Å². The first-order valence-corrected chi connectivity index (χ1v) is 7.45. The fourth-order valence-electron chi connectivity index (χ4n) is 1.14. The van der Waals surface area contributed by atoms with Gasteiger partial charge in [-0.3, -0.25) is 4.79 Å². The molecule has 0 saturated carbocycles. The Kier molecular flexibility index (Phi) is 5.24. The van der Waals surface area contributed by atoms with Gasteiger partial charge in [-0.2, -0.15) is 0 Å². The second-order valence-corrected chi connectivity index (χ2v) is 6.31. The Morgan fingerprint density at radius 2 is 2.11 bits per heavy atom. The van der Waals surface area contributed by atoms with Crippen LogP contribution in [0.4, 0.5) is 4.39 Å². The minimum Gasteiger partial charge on any atom is -0.351 e. The van der Waals surface area contributed by atoms with Crippen LogP contribution in [0.15, 0.2) is 22.7 Å². The van der Waals surface area contributed by atoms with E-state index in [1.807, 2.05) is 0 Å². The number of hydrogen-bond donors (Lipinski definition) is 2.